The Kier molecular flexibility index (Phi) is 7.83. The molecule has 1 saturated heterocycles. The predicted molar refractivity (Wildman–Crippen MR) is 125 cm³/mol. The largest absolute Gasteiger partial charge is 0.385 e. The first-order valence-electron chi connectivity index (χ1n) is 10.8. The fourth-order valence-electron chi connectivity index (χ4n) is 3.80. The van der Waals surface area contributed by atoms with Gasteiger partial charge in [-0.2, -0.15) is 0 Å². The molecule has 0 bridgehead atoms. The molecule has 0 saturated carbocycles. The van der Waals surface area contributed by atoms with Crippen LogP contribution in [0.5, 0.6) is 0 Å². The maximum Gasteiger partial charge on any atom is 0.269 e. The molecule has 1 heterocycles. The van der Waals surface area contributed by atoms with Crippen molar-refractivity contribution in [3.63, 3.8) is 0 Å². The average Bonchev–Trinajstić information content (AvgIpc) is 2.77. The molecule has 8 heteroatoms. The molecule has 0 spiro atoms. The lowest BCUT2D eigenvalue weighted by Gasteiger charge is -2.36. The minimum absolute atomic E-state index is 0.0193. The van der Waals surface area contributed by atoms with E-state index in [2.05, 4.69) is 40.3 Å². The number of piperazine rings is 1. The highest BCUT2D eigenvalue weighted by molar-refractivity contribution is 5.91. The first kappa shape index (κ1) is 22.6. The van der Waals surface area contributed by atoms with E-state index in [9.17, 15) is 14.9 Å². The van der Waals surface area contributed by atoms with Crippen LogP contribution < -0.4 is 15.5 Å². The number of carbonyl (C=O) groups is 1. The summed E-state index contributed by atoms with van der Waals surface area (Å²) in [5.74, 6) is -0.0193. The van der Waals surface area contributed by atoms with Crippen molar-refractivity contribution >= 4 is 28.7 Å². The number of nitro groups is 1. The normalized spacial score (nSPS) is 14.3. The summed E-state index contributed by atoms with van der Waals surface area (Å²) in [6, 6.07) is 12.4. The number of anilines is 3. The Morgan fingerprint density at radius 2 is 1.74 bits per heavy atom. The number of nitro benzene ring substituents is 1. The molecule has 0 aliphatic carbocycles. The lowest BCUT2D eigenvalue weighted by Crippen LogP contribution is -2.46. The van der Waals surface area contributed by atoms with Gasteiger partial charge >= 0.3 is 0 Å². The van der Waals surface area contributed by atoms with Gasteiger partial charge in [0.15, 0.2) is 0 Å². The van der Waals surface area contributed by atoms with Gasteiger partial charge in [-0.1, -0.05) is 6.92 Å². The summed E-state index contributed by atoms with van der Waals surface area (Å²) in [5.41, 5.74) is 4.09. The van der Waals surface area contributed by atoms with Gasteiger partial charge in [-0.05, 0) is 55.8 Å². The van der Waals surface area contributed by atoms with Gasteiger partial charge in [0.1, 0.15) is 0 Å². The number of non-ortho nitro benzene ring substituents is 1. The number of nitrogens with zero attached hydrogens (tertiary/aromatic N) is 3. The van der Waals surface area contributed by atoms with Gasteiger partial charge in [0.2, 0.25) is 5.91 Å². The predicted octanol–water partition coefficient (Wildman–Crippen LogP) is 3.88. The van der Waals surface area contributed by atoms with Crippen molar-refractivity contribution in [2.75, 3.05) is 54.8 Å². The molecular formula is C23H31N5O3. The molecule has 2 N–H and O–H groups in total. The first-order chi connectivity index (χ1) is 15.0. The van der Waals surface area contributed by atoms with Crippen LogP contribution in [0.2, 0.25) is 0 Å². The van der Waals surface area contributed by atoms with E-state index >= 15 is 0 Å². The Morgan fingerprint density at radius 1 is 1.06 bits per heavy atom. The van der Waals surface area contributed by atoms with E-state index in [1.807, 2.05) is 12.1 Å². The molecule has 0 radical (unpaired) electrons. The van der Waals surface area contributed by atoms with Crippen LogP contribution in [0.25, 0.3) is 0 Å². The molecule has 2 aromatic rings. The van der Waals surface area contributed by atoms with Gasteiger partial charge in [-0.15, -0.1) is 0 Å². The molecule has 2 aromatic carbocycles. The Labute approximate surface area is 183 Å². The number of benzene rings is 2. The van der Waals surface area contributed by atoms with Gasteiger partial charge in [0, 0.05) is 68.3 Å². The highest BCUT2D eigenvalue weighted by Crippen LogP contribution is 2.25. The summed E-state index contributed by atoms with van der Waals surface area (Å²) in [7, 11) is 0. The number of hydrogen-bond donors (Lipinski definition) is 2. The molecule has 0 atom stereocenters. The summed E-state index contributed by atoms with van der Waals surface area (Å²) in [6.07, 6.45) is 1.07. The van der Waals surface area contributed by atoms with Crippen LogP contribution in [0, 0.1) is 17.0 Å². The summed E-state index contributed by atoms with van der Waals surface area (Å²) >= 11 is 0. The lowest BCUT2D eigenvalue weighted by molar-refractivity contribution is -0.384. The molecule has 1 fully saturated rings. The number of amides is 1. The van der Waals surface area contributed by atoms with Crippen LogP contribution in [-0.2, 0) is 4.79 Å². The zero-order chi connectivity index (χ0) is 22.2. The van der Waals surface area contributed by atoms with E-state index in [1.165, 1.54) is 23.4 Å². The van der Waals surface area contributed by atoms with Crippen molar-refractivity contribution in [3.8, 4) is 0 Å². The zero-order valence-electron chi connectivity index (χ0n) is 18.3. The number of likely N-dealkylation sites (N-methyl/N-ethyl adjacent to an activating group) is 1. The van der Waals surface area contributed by atoms with Crippen LogP contribution in [0.4, 0.5) is 22.7 Å². The third-order valence-electron chi connectivity index (χ3n) is 5.63. The summed E-state index contributed by atoms with van der Waals surface area (Å²) in [5, 5.41) is 16.8. The number of carbonyl (C=O) groups excluding carboxylic acids is 1. The number of aryl methyl sites for hydroxylation is 1. The van der Waals surface area contributed by atoms with Crippen LogP contribution in [-0.4, -0.2) is 55.0 Å². The molecule has 0 unspecified atom stereocenters. The quantitative estimate of drug-likeness (QED) is 0.360. The topological polar surface area (TPSA) is 90.8 Å². The van der Waals surface area contributed by atoms with Crippen molar-refractivity contribution in [3.05, 3.63) is 58.1 Å². The smallest absolute Gasteiger partial charge is 0.269 e. The van der Waals surface area contributed by atoms with Crippen LogP contribution in [0.3, 0.4) is 0 Å². The first-order valence-corrected chi connectivity index (χ1v) is 10.8. The van der Waals surface area contributed by atoms with Crippen molar-refractivity contribution in [1.29, 1.82) is 0 Å². The second-order valence-corrected chi connectivity index (χ2v) is 7.81. The second kappa shape index (κ2) is 10.8. The van der Waals surface area contributed by atoms with E-state index in [1.54, 1.807) is 12.1 Å². The molecule has 1 aliphatic heterocycles. The summed E-state index contributed by atoms with van der Waals surface area (Å²) in [4.78, 5) is 27.4. The Bertz CT molecular complexity index is 893. The number of hydrogen-bond acceptors (Lipinski definition) is 6. The minimum Gasteiger partial charge on any atom is -0.385 e. The Balaban J connectivity index is 1.42. The van der Waals surface area contributed by atoms with Crippen molar-refractivity contribution in [2.45, 2.75) is 26.7 Å². The van der Waals surface area contributed by atoms with Crippen molar-refractivity contribution in [2.24, 2.45) is 0 Å². The zero-order valence-corrected chi connectivity index (χ0v) is 18.3. The van der Waals surface area contributed by atoms with Gasteiger partial charge < -0.3 is 20.4 Å². The van der Waals surface area contributed by atoms with E-state index in [-0.39, 0.29) is 11.6 Å². The van der Waals surface area contributed by atoms with Gasteiger partial charge in [-0.3, -0.25) is 14.9 Å². The molecule has 1 amide bonds. The monoisotopic (exact) mass is 425 g/mol. The maximum atomic E-state index is 12.3. The molecule has 8 nitrogen and oxygen atoms in total. The molecule has 0 aromatic heterocycles. The maximum absolute atomic E-state index is 12.3. The number of rotatable bonds is 9. The third-order valence-corrected chi connectivity index (χ3v) is 5.63. The highest BCUT2D eigenvalue weighted by Gasteiger charge is 2.17. The minimum atomic E-state index is -0.422. The average molecular weight is 426 g/mol. The molecule has 1 aliphatic rings. The summed E-state index contributed by atoms with van der Waals surface area (Å²) in [6.45, 7) is 10.2. The van der Waals surface area contributed by atoms with E-state index in [0.717, 1.165) is 44.1 Å². The van der Waals surface area contributed by atoms with E-state index in [0.29, 0.717) is 19.4 Å². The van der Waals surface area contributed by atoms with Crippen molar-refractivity contribution < 1.29 is 9.72 Å². The van der Waals surface area contributed by atoms with Gasteiger partial charge in [0.25, 0.3) is 5.69 Å². The van der Waals surface area contributed by atoms with Crippen LogP contribution >= 0.6 is 0 Å². The molecule has 31 heavy (non-hydrogen) atoms. The Morgan fingerprint density at radius 3 is 2.35 bits per heavy atom. The summed E-state index contributed by atoms with van der Waals surface area (Å²) < 4.78 is 0. The second-order valence-electron chi connectivity index (χ2n) is 7.81. The molecule has 166 valence electrons. The van der Waals surface area contributed by atoms with Crippen molar-refractivity contribution in [1.82, 2.24) is 4.90 Å². The number of nitrogens with one attached hydrogen (secondary N) is 2. The molecule has 3 rings (SSSR count). The highest BCUT2D eigenvalue weighted by atomic mass is 16.6. The lowest BCUT2D eigenvalue weighted by atomic mass is 10.1. The fourth-order valence-corrected chi connectivity index (χ4v) is 3.80. The fraction of sp³-hybridized carbons (Fsp3) is 0.435. The third kappa shape index (κ3) is 6.42. The van der Waals surface area contributed by atoms with Gasteiger partial charge in [0.05, 0.1) is 4.92 Å². The molecular weight excluding hydrogens is 394 g/mol. The van der Waals surface area contributed by atoms with E-state index < -0.39 is 4.92 Å². The van der Waals surface area contributed by atoms with Crippen LogP contribution in [0.1, 0.15) is 25.3 Å². The van der Waals surface area contributed by atoms with Crippen LogP contribution in [0.15, 0.2) is 42.5 Å². The van der Waals surface area contributed by atoms with E-state index in [4.69, 9.17) is 0 Å². The van der Waals surface area contributed by atoms with Gasteiger partial charge in [-0.25, -0.2) is 0 Å². The SMILES string of the molecule is CCN1CCN(c2ccc(NC(=O)CCCNc3ccc([N+](=O)[O-])cc3)cc2C)CC1. The standard InChI is InChI=1S/C23H31N5O3/c1-3-26-13-15-27(16-14-26)22-11-8-20(17-18(22)2)25-23(29)5-4-12-24-19-6-9-21(10-7-19)28(30)31/h6-11,17,24H,3-5,12-16H2,1-2H3,(H,25,29). The Hall–Kier alpha value is -3.13.